The fourth-order valence-electron chi connectivity index (χ4n) is 4.05. The molecule has 1 heterocycles. The summed E-state index contributed by atoms with van der Waals surface area (Å²) in [6.07, 6.45) is -0.560. The molecule has 6 heteroatoms. The molecule has 0 aliphatic rings. The lowest BCUT2D eigenvalue weighted by Crippen LogP contribution is -2.26. The molecule has 1 aromatic heterocycles. The molecule has 1 N–H and O–H groups in total. The van der Waals surface area contributed by atoms with Gasteiger partial charge in [0, 0.05) is 24.4 Å². The summed E-state index contributed by atoms with van der Waals surface area (Å²) < 4.78 is 27.0. The number of hydrogen-bond acceptors (Lipinski definition) is 3. The molecule has 0 spiro atoms. The second-order valence-corrected chi connectivity index (χ2v) is 8.11. The first-order valence-electron chi connectivity index (χ1n) is 11.6. The lowest BCUT2D eigenvalue weighted by molar-refractivity contribution is -0.149. The highest BCUT2D eigenvalue weighted by molar-refractivity contribution is 5.72. The molecule has 4 rings (SSSR count). The van der Waals surface area contributed by atoms with Crippen molar-refractivity contribution in [2.24, 2.45) is 0 Å². The van der Waals surface area contributed by atoms with Gasteiger partial charge in [0.15, 0.2) is 6.10 Å². The lowest BCUT2D eigenvalue weighted by Gasteiger charge is -2.16. The van der Waals surface area contributed by atoms with Crippen LogP contribution >= 0.6 is 0 Å². The largest absolute Gasteiger partial charge is 0.492 e. The van der Waals surface area contributed by atoms with Crippen molar-refractivity contribution in [3.8, 4) is 28.3 Å². The first-order chi connectivity index (χ1) is 17.0. The summed E-state index contributed by atoms with van der Waals surface area (Å²) in [4.78, 5) is 11.3. The fourth-order valence-corrected chi connectivity index (χ4v) is 4.05. The Bertz CT molecular complexity index is 1230. The van der Waals surface area contributed by atoms with Crippen molar-refractivity contribution >= 4 is 5.97 Å². The molecule has 0 amide bonds. The first kappa shape index (κ1) is 24.2. The molecule has 0 saturated carbocycles. The predicted octanol–water partition coefficient (Wildman–Crippen LogP) is 6.07. The number of rotatable bonds is 11. The summed E-state index contributed by atoms with van der Waals surface area (Å²) in [5.74, 6) is -0.531. The Labute approximate surface area is 204 Å². The van der Waals surface area contributed by atoms with Crippen molar-refractivity contribution < 1.29 is 23.8 Å². The number of aromatic nitrogens is 1. The van der Waals surface area contributed by atoms with Crippen molar-refractivity contribution in [2.75, 3.05) is 13.2 Å². The average molecular weight is 474 g/mol. The third-order valence-corrected chi connectivity index (χ3v) is 5.76. The number of benzene rings is 3. The van der Waals surface area contributed by atoms with E-state index in [9.17, 15) is 14.3 Å². The molecule has 4 aromatic rings. The standard InChI is InChI=1S/C29H28FNO4/c1-2-34-28(29(32)33)20-21-8-14-25(15-9-21)35-19-18-31-26(22-6-4-3-5-7-22)16-17-27(31)23-10-12-24(30)13-11-23/h3-17,28H,2,18-20H2,1H3,(H,32,33). The van der Waals surface area contributed by atoms with E-state index in [0.717, 1.165) is 28.1 Å². The molecular formula is C29H28FNO4. The van der Waals surface area contributed by atoms with Crippen LogP contribution in [0.25, 0.3) is 22.5 Å². The molecule has 0 aliphatic heterocycles. The summed E-state index contributed by atoms with van der Waals surface area (Å²) >= 11 is 0. The van der Waals surface area contributed by atoms with Crippen molar-refractivity contribution in [3.63, 3.8) is 0 Å². The molecule has 180 valence electrons. The van der Waals surface area contributed by atoms with Crippen LogP contribution in [0.4, 0.5) is 4.39 Å². The Balaban J connectivity index is 1.47. The molecular weight excluding hydrogens is 445 g/mol. The maximum absolute atomic E-state index is 13.5. The number of aliphatic carboxylic acids is 1. The van der Waals surface area contributed by atoms with Gasteiger partial charge in [0.2, 0.25) is 0 Å². The van der Waals surface area contributed by atoms with Gasteiger partial charge >= 0.3 is 5.97 Å². The van der Waals surface area contributed by atoms with Crippen LogP contribution in [0.2, 0.25) is 0 Å². The zero-order valence-electron chi connectivity index (χ0n) is 19.6. The maximum Gasteiger partial charge on any atom is 0.333 e. The average Bonchev–Trinajstić information content (AvgIpc) is 3.29. The maximum atomic E-state index is 13.5. The summed E-state index contributed by atoms with van der Waals surface area (Å²) in [6.45, 7) is 3.15. The number of halogens is 1. The fraction of sp³-hybridized carbons (Fsp3) is 0.207. The van der Waals surface area contributed by atoms with E-state index in [1.165, 1.54) is 12.1 Å². The minimum atomic E-state index is -0.968. The predicted molar refractivity (Wildman–Crippen MR) is 134 cm³/mol. The van der Waals surface area contributed by atoms with E-state index in [1.807, 2.05) is 48.5 Å². The highest BCUT2D eigenvalue weighted by Crippen LogP contribution is 2.29. The van der Waals surface area contributed by atoms with Crippen molar-refractivity contribution in [1.82, 2.24) is 4.57 Å². The van der Waals surface area contributed by atoms with Gasteiger partial charge in [-0.25, -0.2) is 9.18 Å². The van der Waals surface area contributed by atoms with Gasteiger partial charge in [0.25, 0.3) is 0 Å². The molecule has 1 atom stereocenters. The van der Waals surface area contributed by atoms with Gasteiger partial charge < -0.3 is 19.1 Å². The lowest BCUT2D eigenvalue weighted by atomic mass is 10.1. The van der Waals surface area contributed by atoms with Crippen LogP contribution in [-0.2, 0) is 22.5 Å². The second kappa shape index (κ2) is 11.5. The topological polar surface area (TPSA) is 60.7 Å². The van der Waals surface area contributed by atoms with Crippen LogP contribution < -0.4 is 4.74 Å². The summed E-state index contributed by atoms with van der Waals surface area (Å²) in [6, 6.07) is 28.1. The van der Waals surface area contributed by atoms with Gasteiger partial charge in [-0.15, -0.1) is 0 Å². The summed E-state index contributed by atoms with van der Waals surface area (Å²) in [5, 5.41) is 9.28. The van der Waals surface area contributed by atoms with Crippen molar-refractivity contribution in [3.05, 3.63) is 102 Å². The van der Waals surface area contributed by atoms with E-state index >= 15 is 0 Å². The first-order valence-corrected chi connectivity index (χ1v) is 11.6. The highest BCUT2D eigenvalue weighted by atomic mass is 19.1. The molecule has 0 bridgehead atoms. The molecule has 0 aliphatic carbocycles. The molecule has 3 aromatic carbocycles. The van der Waals surface area contributed by atoms with E-state index < -0.39 is 12.1 Å². The molecule has 1 unspecified atom stereocenters. The number of hydrogen-bond donors (Lipinski definition) is 1. The third kappa shape index (κ3) is 6.16. The van der Waals surface area contributed by atoms with E-state index in [4.69, 9.17) is 9.47 Å². The van der Waals surface area contributed by atoms with Gasteiger partial charge in [-0.1, -0.05) is 42.5 Å². The Kier molecular flexibility index (Phi) is 7.95. The number of ether oxygens (including phenoxy) is 2. The molecule has 35 heavy (non-hydrogen) atoms. The van der Waals surface area contributed by atoms with Crippen molar-refractivity contribution in [2.45, 2.75) is 26.0 Å². The van der Waals surface area contributed by atoms with Crippen LogP contribution in [0.5, 0.6) is 5.75 Å². The normalized spacial score (nSPS) is 11.8. The number of carboxylic acids is 1. The van der Waals surface area contributed by atoms with E-state index in [0.29, 0.717) is 31.9 Å². The van der Waals surface area contributed by atoms with Gasteiger partial charge in [0.05, 0.1) is 6.54 Å². The van der Waals surface area contributed by atoms with Gasteiger partial charge in [-0.2, -0.15) is 0 Å². The Morgan fingerprint density at radius 2 is 1.51 bits per heavy atom. The highest BCUT2D eigenvalue weighted by Gasteiger charge is 2.18. The summed E-state index contributed by atoms with van der Waals surface area (Å²) in [7, 11) is 0. The number of nitrogens with zero attached hydrogens (tertiary/aromatic N) is 1. The minimum absolute atomic E-state index is 0.266. The molecule has 0 fully saturated rings. The SMILES string of the molecule is CCOC(Cc1ccc(OCCn2c(-c3ccccc3)ccc2-c2ccc(F)cc2)cc1)C(=O)O. The molecule has 5 nitrogen and oxygen atoms in total. The number of carboxylic acid groups (broad SMARTS) is 1. The van der Waals surface area contributed by atoms with Crippen LogP contribution in [0.15, 0.2) is 91.0 Å². The van der Waals surface area contributed by atoms with Crippen LogP contribution in [0.3, 0.4) is 0 Å². The Hall–Kier alpha value is -3.90. The zero-order valence-corrected chi connectivity index (χ0v) is 19.6. The van der Waals surface area contributed by atoms with Crippen LogP contribution in [-0.4, -0.2) is 35.0 Å². The monoisotopic (exact) mass is 473 g/mol. The Morgan fingerprint density at radius 1 is 0.886 bits per heavy atom. The second-order valence-electron chi connectivity index (χ2n) is 8.11. The minimum Gasteiger partial charge on any atom is -0.492 e. The molecule has 0 radical (unpaired) electrons. The summed E-state index contributed by atoms with van der Waals surface area (Å²) in [5.41, 5.74) is 4.93. The van der Waals surface area contributed by atoms with Crippen molar-refractivity contribution in [1.29, 1.82) is 0 Å². The zero-order chi connectivity index (χ0) is 24.6. The van der Waals surface area contributed by atoms with E-state index in [2.05, 4.69) is 22.8 Å². The number of carbonyl (C=O) groups is 1. The smallest absolute Gasteiger partial charge is 0.333 e. The van der Waals surface area contributed by atoms with Crippen LogP contribution in [0.1, 0.15) is 12.5 Å². The Morgan fingerprint density at radius 3 is 2.11 bits per heavy atom. The van der Waals surface area contributed by atoms with Gasteiger partial charge in [0.1, 0.15) is 18.2 Å². The molecule has 0 saturated heterocycles. The quantitative estimate of drug-likeness (QED) is 0.287. The van der Waals surface area contributed by atoms with Gasteiger partial charge in [-0.05, 0) is 72.1 Å². The van der Waals surface area contributed by atoms with Crippen LogP contribution in [0, 0.1) is 5.82 Å². The van der Waals surface area contributed by atoms with E-state index in [-0.39, 0.29) is 5.82 Å². The van der Waals surface area contributed by atoms with Gasteiger partial charge in [-0.3, -0.25) is 0 Å². The van der Waals surface area contributed by atoms with E-state index in [1.54, 1.807) is 19.1 Å². The third-order valence-electron chi connectivity index (χ3n) is 5.76.